The quantitative estimate of drug-likeness (QED) is 0.680. The van der Waals surface area contributed by atoms with Crippen LogP contribution in [0.4, 0.5) is 0 Å². The van der Waals surface area contributed by atoms with Crippen LogP contribution < -0.4 is 0 Å². The SMILES string of the molecule is COC[C@H](O)CN1CCSCC1. The minimum Gasteiger partial charge on any atom is -0.389 e. The molecule has 1 N–H and O–H groups in total. The number of aliphatic hydroxyl groups is 1. The lowest BCUT2D eigenvalue weighted by Gasteiger charge is -2.27. The van der Waals surface area contributed by atoms with E-state index in [1.807, 2.05) is 11.8 Å². The number of hydrogen-bond donors (Lipinski definition) is 1. The summed E-state index contributed by atoms with van der Waals surface area (Å²) in [4.78, 5) is 2.29. The van der Waals surface area contributed by atoms with Gasteiger partial charge < -0.3 is 9.84 Å². The van der Waals surface area contributed by atoms with Gasteiger partial charge in [0.1, 0.15) is 0 Å². The lowest BCUT2D eigenvalue weighted by Crippen LogP contribution is -2.39. The Labute approximate surface area is 78.1 Å². The Kier molecular flexibility index (Phi) is 4.99. The zero-order valence-electron chi connectivity index (χ0n) is 7.53. The van der Waals surface area contributed by atoms with E-state index in [-0.39, 0.29) is 6.10 Å². The van der Waals surface area contributed by atoms with Crippen molar-refractivity contribution in [2.24, 2.45) is 0 Å². The highest BCUT2D eigenvalue weighted by atomic mass is 32.2. The summed E-state index contributed by atoms with van der Waals surface area (Å²) in [6, 6.07) is 0. The van der Waals surface area contributed by atoms with E-state index in [1.54, 1.807) is 7.11 Å². The Bertz CT molecular complexity index is 118. The molecule has 1 aliphatic rings. The number of aliphatic hydroxyl groups excluding tert-OH is 1. The van der Waals surface area contributed by atoms with E-state index in [9.17, 15) is 5.11 Å². The van der Waals surface area contributed by atoms with Crippen molar-refractivity contribution in [3.8, 4) is 0 Å². The van der Waals surface area contributed by atoms with Gasteiger partial charge in [-0.3, -0.25) is 4.90 Å². The molecule has 1 heterocycles. The second kappa shape index (κ2) is 5.80. The Morgan fingerprint density at radius 3 is 2.75 bits per heavy atom. The van der Waals surface area contributed by atoms with Crippen LogP contribution in [0.3, 0.4) is 0 Å². The number of methoxy groups -OCH3 is 1. The molecule has 4 heteroatoms. The summed E-state index contributed by atoms with van der Waals surface area (Å²) in [7, 11) is 1.62. The van der Waals surface area contributed by atoms with E-state index >= 15 is 0 Å². The molecule has 1 atom stereocenters. The lowest BCUT2D eigenvalue weighted by atomic mass is 10.3. The van der Waals surface area contributed by atoms with Gasteiger partial charge in [0.15, 0.2) is 0 Å². The van der Waals surface area contributed by atoms with E-state index in [4.69, 9.17) is 4.74 Å². The van der Waals surface area contributed by atoms with Gasteiger partial charge in [0.05, 0.1) is 12.7 Å². The third kappa shape index (κ3) is 3.76. The van der Waals surface area contributed by atoms with Crippen molar-refractivity contribution in [3.63, 3.8) is 0 Å². The third-order valence-corrected chi connectivity index (χ3v) is 2.87. The van der Waals surface area contributed by atoms with Crippen LogP contribution in [0.5, 0.6) is 0 Å². The molecular weight excluding hydrogens is 174 g/mol. The molecule has 0 aromatic rings. The fraction of sp³-hybridized carbons (Fsp3) is 1.00. The average Bonchev–Trinajstić information content (AvgIpc) is 2.06. The van der Waals surface area contributed by atoms with Crippen molar-refractivity contribution >= 4 is 11.8 Å². The van der Waals surface area contributed by atoms with Gasteiger partial charge in [0, 0.05) is 38.2 Å². The van der Waals surface area contributed by atoms with Gasteiger partial charge in [-0.2, -0.15) is 11.8 Å². The van der Waals surface area contributed by atoms with Gasteiger partial charge in [-0.15, -0.1) is 0 Å². The molecule has 1 aliphatic heterocycles. The number of β-amino-alcohol motifs (C(OH)–C–C–N with tert-alkyl or cyclic N) is 1. The molecule has 0 radical (unpaired) electrons. The largest absolute Gasteiger partial charge is 0.389 e. The number of thioether (sulfide) groups is 1. The van der Waals surface area contributed by atoms with Crippen molar-refractivity contribution in [2.45, 2.75) is 6.10 Å². The highest BCUT2D eigenvalue weighted by Crippen LogP contribution is 2.09. The predicted molar refractivity (Wildman–Crippen MR) is 51.6 cm³/mol. The summed E-state index contributed by atoms with van der Waals surface area (Å²) in [5.74, 6) is 2.39. The lowest BCUT2D eigenvalue weighted by molar-refractivity contribution is 0.0399. The minimum atomic E-state index is -0.321. The molecule has 1 saturated heterocycles. The highest BCUT2D eigenvalue weighted by Gasteiger charge is 2.13. The highest BCUT2D eigenvalue weighted by molar-refractivity contribution is 7.99. The summed E-state index contributed by atoms with van der Waals surface area (Å²) in [6.07, 6.45) is -0.321. The molecule has 0 aliphatic carbocycles. The second-order valence-corrected chi connectivity index (χ2v) is 4.25. The van der Waals surface area contributed by atoms with Crippen molar-refractivity contribution < 1.29 is 9.84 Å². The number of ether oxygens (including phenoxy) is 1. The fourth-order valence-electron chi connectivity index (χ4n) is 1.33. The van der Waals surface area contributed by atoms with Crippen LogP contribution in [0.25, 0.3) is 0 Å². The maximum atomic E-state index is 9.43. The van der Waals surface area contributed by atoms with Crippen LogP contribution in [-0.4, -0.2) is 61.0 Å². The van der Waals surface area contributed by atoms with Gasteiger partial charge in [-0.1, -0.05) is 0 Å². The summed E-state index contributed by atoms with van der Waals surface area (Å²) in [5, 5.41) is 9.43. The van der Waals surface area contributed by atoms with Crippen LogP contribution in [0.2, 0.25) is 0 Å². The molecule has 0 bridgehead atoms. The van der Waals surface area contributed by atoms with E-state index < -0.39 is 0 Å². The molecule has 0 spiro atoms. The number of nitrogens with zero attached hydrogens (tertiary/aromatic N) is 1. The molecule has 1 rings (SSSR count). The molecule has 0 saturated carbocycles. The van der Waals surface area contributed by atoms with Crippen molar-refractivity contribution in [1.82, 2.24) is 4.90 Å². The van der Waals surface area contributed by atoms with Gasteiger partial charge in [-0.05, 0) is 0 Å². The predicted octanol–water partition coefficient (Wildman–Crippen LogP) is 0.0425. The summed E-state index contributed by atoms with van der Waals surface area (Å²) in [6.45, 7) is 3.41. The number of rotatable bonds is 4. The first-order valence-corrected chi connectivity index (χ1v) is 5.45. The molecule has 0 aromatic heterocycles. The van der Waals surface area contributed by atoms with Gasteiger partial charge in [-0.25, -0.2) is 0 Å². The van der Waals surface area contributed by atoms with E-state index in [2.05, 4.69) is 4.90 Å². The molecule has 12 heavy (non-hydrogen) atoms. The smallest absolute Gasteiger partial charge is 0.0900 e. The maximum absolute atomic E-state index is 9.43. The molecular formula is C8H17NO2S. The van der Waals surface area contributed by atoms with Crippen LogP contribution in [-0.2, 0) is 4.74 Å². The Morgan fingerprint density at radius 2 is 2.17 bits per heavy atom. The van der Waals surface area contributed by atoms with E-state index in [0.29, 0.717) is 6.61 Å². The van der Waals surface area contributed by atoms with Crippen molar-refractivity contribution in [1.29, 1.82) is 0 Å². The second-order valence-electron chi connectivity index (χ2n) is 3.02. The van der Waals surface area contributed by atoms with Crippen LogP contribution in [0, 0.1) is 0 Å². The first-order valence-electron chi connectivity index (χ1n) is 4.30. The van der Waals surface area contributed by atoms with Crippen LogP contribution in [0.15, 0.2) is 0 Å². The van der Waals surface area contributed by atoms with Crippen molar-refractivity contribution in [3.05, 3.63) is 0 Å². The first-order chi connectivity index (χ1) is 5.83. The topological polar surface area (TPSA) is 32.7 Å². The zero-order valence-corrected chi connectivity index (χ0v) is 8.35. The molecule has 3 nitrogen and oxygen atoms in total. The first kappa shape index (κ1) is 10.3. The monoisotopic (exact) mass is 191 g/mol. The van der Waals surface area contributed by atoms with Crippen LogP contribution >= 0.6 is 11.8 Å². The van der Waals surface area contributed by atoms with Gasteiger partial charge in [0.2, 0.25) is 0 Å². The van der Waals surface area contributed by atoms with Crippen LogP contribution in [0.1, 0.15) is 0 Å². The third-order valence-electron chi connectivity index (χ3n) is 1.93. The van der Waals surface area contributed by atoms with E-state index in [0.717, 1.165) is 19.6 Å². The molecule has 0 aromatic carbocycles. The number of hydrogen-bond acceptors (Lipinski definition) is 4. The van der Waals surface area contributed by atoms with Gasteiger partial charge in [0.25, 0.3) is 0 Å². The Hall–Kier alpha value is 0.230. The minimum absolute atomic E-state index is 0.321. The zero-order chi connectivity index (χ0) is 8.81. The fourth-order valence-corrected chi connectivity index (χ4v) is 2.31. The summed E-state index contributed by atoms with van der Waals surface area (Å²) >= 11 is 1.98. The Morgan fingerprint density at radius 1 is 1.50 bits per heavy atom. The molecule has 1 fully saturated rings. The molecule has 72 valence electrons. The van der Waals surface area contributed by atoms with Gasteiger partial charge >= 0.3 is 0 Å². The standard InChI is InChI=1S/C8H17NO2S/c1-11-7-8(10)6-9-2-4-12-5-3-9/h8,10H,2-7H2,1H3/t8-/m1/s1. The van der Waals surface area contributed by atoms with E-state index in [1.165, 1.54) is 11.5 Å². The molecule has 0 unspecified atom stereocenters. The normalized spacial score (nSPS) is 22.5. The summed E-state index contributed by atoms with van der Waals surface area (Å²) < 4.78 is 4.86. The average molecular weight is 191 g/mol. The Balaban J connectivity index is 2.11. The molecule has 0 amide bonds. The maximum Gasteiger partial charge on any atom is 0.0900 e. The summed E-state index contributed by atoms with van der Waals surface area (Å²) in [5.41, 5.74) is 0. The van der Waals surface area contributed by atoms with Crippen molar-refractivity contribution in [2.75, 3.05) is 44.9 Å².